The Kier molecular flexibility index (Phi) is 3.26. The highest BCUT2D eigenvalue weighted by Gasteiger charge is 2.27. The number of aryl methyl sites for hydroxylation is 1. The van der Waals surface area contributed by atoms with E-state index >= 15 is 0 Å². The molecular formula is C10H15N7S. The number of thioether (sulfide) groups is 1. The molecule has 2 aromatic rings. The van der Waals surface area contributed by atoms with E-state index in [-0.39, 0.29) is 0 Å². The van der Waals surface area contributed by atoms with Crippen LogP contribution in [0.25, 0.3) is 0 Å². The first-order valence-corrected chi connectivity index (χ1v) is 7.15. The molecule has 0 unspecified atom stereocenters. The summed E-state index contributed by atoms with van der Waals surface area (Å²) in [5, 5.41) is 19.7. The number of hydrogen-bond acceptors (Lipinski definition) is 6. The zero-order chi connectivity index (χ0) is 12.4. The molecule has 8 heteroatoms. The van der Waals surface area contributed by atoms with E-state index in [4.69, 9.17) is 0 Å². The van der Waals surface area contributed by atoms with E-state index in [9.17, 15) is 0 Å². The Balaban J connectivity index is 1.60. The van der Waals surface area contributed by atoms with Gasteiger partial charge in [-0.2, -0.15) is 0 Å². The van der Waals surface area contributed by atoms with Gasteiger partial charge < -0.3 is 0 Å². The largest absolute Gasteiger partial charge is 0.262 e. The van der Waals surface area contributed by atoms with Crippen LogP contribution in [0.3, 0.4) is 0 Å². The van der Waals surface area contributed by atoms with E-state index < -0.39 is 0 Å². The minimum Gasteiger partial charge on any atom is -0.262 e. The molecule has 0 amide bonds. The van der Waals surface area contributed by atoms with Gasteiger partial charge in [0.2, 0.25) is 5.16 Å². The van der Waals surface area contributed by atoms with Crippen molar-refractivity contribution in [2.75, 3.05) is 0 Å². The standard InChI is InChI=1S/C10H15N7S/c1-2-5-17-8(12-15-16-17)6-18-10-11-9(13-14-10)7-3-4-7/h7H,2-6H2,1H3,(H,11,13,14). The SMILES string of the molecule is CCCn1nnnc1CSc1n[nH]c(C2CC2)n1. The molecule has 2 heterocycles. The maximum absolute atomic E-state index is 4.47. The second-order valence-electron chi connectivity index (χ2n) is 4.38. The summed E-state index contributed by atoms with van der Waals surface area (Å²) in [6.07, 6.45) is 3.48. The number of nitrogens with zero attached hydrogens (tertiary/aromatic N) is 6. The highest BCUT2D eigenvalue weighted by Crippen LogP contribution is 2.38. The van der Waals surface area contributed by atoms with Gasteiger partial charge in [-0.15, -0.1) is 10.2 Å². The van der Waals surface area contributed by atoms with Crippen molar-refractivity contribution in [1.82, 2.24) is 35.4 Å². The van der Waals surface area contributed by atoms with Gasteiger partial charge in [0.15, 0.2) is 5.82 Å². The Morgan fingerprint density at radius 3 is 3.11 bits per heavy atom. The molecule has 0 bridgehead atoms. The van der Waals surface area contributed by atoms with Crippen molar-refractivity contribution in [1.29, 1.82) is 0 Å². The molecule has 3 rings (SSSR count). The van der Waals surface area contributed by atoms with Crippen LogP contribution in [0, 0.1) is 0 Å². The second-order valence-corrected chi connectivity index (χ2v) is 5.33. The number of hydrogen-bond donors (Lipinski definition) is 1. The first kappa shape index (κ1) is 11.6. The Labute approximate surface area is 109 Å². The summed E-state index contributed by atoms with van der Waals surface area (Å²) in [6, 6.07) is 0. The van der Waals surface area contributed by atoms with Gasteiger partial charge in [-0.25, -0.2) is 9.67 Å². The van der Waals surface area contributed by atoms with Crippen molar-refractivity contribution in [3.05, 3.63) is 11.6 Å². The fraction of sp³-hybridized carbons (Fsp3) is 0.700. The van der Waals surface area contributed by atoms with Crippen molar-refractivity contribution >= 4 is 11.8 Å². The zero-order valence-electron chi connectivity index (χ0n) is 10.2. The predicted octanol–water partition coefficient (Wildman–Crippen LogP) is 1.37. The molecule has 0 saturated heterocycles. The molecule has 0 atom stereocenters. The summed E-state index contributed by atoms with van der Waals surface area (Å²) in [5.74, 6) is 3.21. The molecule has 0 aromatic carbocycles. The van der Waals surface area contributed by atoms with E-state index in [1.807, 2.05) is 4.68 Å². The van der Waals surface area contributed by atoms with Crippen LogP contribution in [0.4, 0.5) is 0 Å². The summed E-state index contributed by atoms with van der Waals surface area (Å²) in [4.78, 5) is 4.47. The van der Waals surface area contributed by atoms with Crippen LogP contribution in [0.2, 0.25) is 0 Å². The number of H-pyrrole nitrogens is 1. The van der Waals surface area contributed by atoms with Crippen LogP contribution in [0.15, 0.2) is 5.16 Å². The van der Waals surface area contributed by atoms with Crippen molar-refractivity contribution in [2.24, 2.45) is 0 Å². The Bertz CT molecular complexity index is 516. The van der Waals surface area contributed by atoms with Gasteiger partial charge in [-0.3, -0.25) is 5.10 Å². The predicted molar refractivity (Wildman–Crippen MR) is 66.0 cm³/mol. The van der Waals surface area contributed by atoms with Crippen LogP contribution in [0.5, 0.6) is 0 Å². The summed E-state index contributed by atoms with van der Waals surface area (Å²) in [7, 11) is 0. The molecule has 1 aliphatic carbocycles. The van der Waals surface area contributed by atoms with E-state index in [2.05, 4.69) is 37.6 Å². The van der Waals surface area contributed by atoms with E-state index in [0.29, 0.717) is 11.7 Å². The third kappa shape index (κ3) is 2.53. The van der Waals surface area contributed by atoms with Gasteiger partial charge in [-0.05, 0) is 29.7 Å². The van der Waals surface area contributed by atoms with E-state index in [0.717, 1.165) is 29.8 Å². The molecule has 1 fully saturated rings. The van der Waals surface area contributed by atoms with Gasteiger partial charge in [0.05, 0.1) is 5.75 Å². The molecule has 0 radical (unpaired) electrons. The Morgan fingerprint density at radius 2 is 2.33 bits per heavy atom. The molecule has 7 nitrogen and oxygen atoms in total. The third-order valence-electron chi connectivity index (χ3n) is 2.82. The third-order valence-corrected chi connectivity index (χ3v) is 3.66. The maximum atomic E-state index is 4.47. The molecular weight excluding hydrogens is 250 g/mol. The van der Waals surface area contributed by atoms with Crippen molar-refractivity contribution in [2.45, 2.75) is 49.6 Å². The lowest BCUT2D eigenvalue weighted by Gasteiger charge is -2.00. The minimum atomic E-state index is 0.609. The fourth-order valence-corrected chi connectivity index (χ4v) is 2.44. The molecule has 1 aliphatic rings. The summed E-state index contributed by atoms with van der Waals surface area (Å²) in [5.41, 5.74) is 0. The zero-order valence-corrected chi connectivity index (χ0v) is 11.0. The van der Waals surface area contributed by atoms with Crippen LogP contribution < -0.4 is 0 Å². The molecule has 0 spiro atoms. The molecule has 1 N–H and O–H groups in total. The average Bonchev–Trinajstić information content (AvgIpc) is 2.96. The number of tetrazole rings is 1. The molecule has 96 valence electrons. The minimum absolute atomic E-state index is 0.609. The van der Waals surface area contributed by atoms with Crippen molar-refractivity contribution < 1.29 is 0 Å². The highest BCUT2D eigenvalue weighted by atomic mass is 32.2. The number of nitrogens with one attached hydrogen (secondary N) is 1. The highest BCUT2D eigenvalue weighted by molar-refractivity contribution is 7.98. The normalized spacial score (nSPS) is 15.2. The summed E-state index contributed by atoms with van der Waals surface area (Å²) in [6.45, 7) is 2.96. The van der Waals surface area contributed by atoms with Crippen LogP contribution in [0.1, 0.15) is 43.8 Å². The Hall–Kier alpha value is -1.44. The van der Waals surface area contributed by atoms with Crippen LogP contribution >= 0.6 is 11.8 Å². The summed E-state index contributed by atoms with van der Waals surface area (Å²) < 4.78 is 1.83. The first-order chi connectivity index (χ1) is 8.86. The van der Waals surface area contributed by atoms with E-state index in [1.165, 1.54) is 12.8 Å². The fourth-order valence-electron chi connectivity index (χ4n) is 1.70. The maximum Gasteiger partial charge on any atom is 0.208 e. The van der Waals surface area contributed by atoms with Gasteiger partial charge in [-0.1, -0.05) is 18.7 Å². The van der Waals surface area contributed by atoms with Gasteiger partial charge in [0.1, 0.15) is 5.82 Å². The van der Waals surface area contributed by atoms with E-state index in [1.54, 1.807) is 11.8 Å². The van der Waals surface area contributed by atoms with Crippen LogP contribution in [-0.4, -0.2) is 35.4 Å². The lowest BCUT2D eigenvalue weighted by Crippen LogP contribution is -2.04. The number of aromatic nitrogens is 7. The average molecular weight is 265 g/mol. The van der Waals surface area contributed by atoms with Crippen LogP contribution in [-0.2, 0) is 12.3 Å². The second kappa shape index (κ2) is 5.05. The molecule has 0 aliphatic heterocycles. The Morgan fingerprint density at radius 1 is 1.44 bits per heavy atom. The first-order valence-electron chi connectivity index (χ1n) is 6.17. The van der Waals surface area contributed by atoms with Crippen molar-refractivity contribution in [3.8, 4) is 0 Å². The topological polar surface area (TPSA) is 85.2 Å². The molecule has 18 heavy (non-hydrogen) atoms. The summed E-state index contributed by atoms with van der Waals surface area (Å²) >= 11 is 1.57. The smallest absolute Gasteiger partial charge is 0.208 e. The molecule has 1 saturated carbocycles. The monoisotopic (exact) mass is 265 g/mol. The van der Waals surface area contributed by atoms with Gasteiger partial charge >= 0.3 is 0 Å². The number of rotatable bonds is 6. The lowest BCUT2D eigenvalue weighted by molar-refractivity contribution is 0.564. The lowest BCUT2D eigenvalue weighted by atomic mass is 10.4. The van der Waals surface area contributed by atoms with Gasteiger partial charge in [0, 0.05) is 12.5 Å². The van der Waals surface area contributed by atoms with Gasteiger partial charge in [0.25, 0.3) is 0 Å². The molecule has 2 aromatic heterocycles. The number of aromatic amines is 1. The quantitative estimate of drug-likeness (QED) is 0.794. The van der Waals surface area contributed by atoms with Crippen molar-refractivity contribution in [3.63, 3.8) is 0 Å².